The van der Waals surface area contributed by atoms with Crippen molar-refractivity contribution in [3.05, 3.63) is 58.4 Å². The fourth-order valence-corrected chi connectivity index (χ4v) is 4.72. The Balaban J connectivity index is 1.56. The molecule has 5 rings (SSSR count). The molecular weight excluding hydrogens is 388 g/mol. The summed E-state index contributed by atoms with van der Waals surface area (Å²) in [6.07, 6.45) is 3.63. The van der Waals surface area contributed by atoms with Crippen LogP contribution in [0.4, 0.5) is 5.69 Å². The molecule has 1 aliphatic heterocycles. The number of rotatable bonds is 3. The lowest BCUT2D eigenvalue weighted by atomic mass is 10.1. The Morgan fingerprint density at radius 2 is 1.90 bits per heavy atom. The number of aromatic carboxylic acids is 1. The summed E-state index contributed by atoms with van der Waals surface area (Å²) in [6.45, 7) is 2.05. The number of anilines is 1. The van der Waals surface area contributed by atoms with Gasteiger partial charge in [-0.1, -0.05) is 0 Å². The highest BCUT2D eigenvalue weighted by Gasteiger charge is 2.16. The highest BCUT2D eigenvalue weighted by atomic mass is 32.1. The maximum atomic E-state index is 12.7. The van der Waals surface area contributed by atoms with Crippen LogP contribution in [0, 0.1) is 0 Å². The highest BCUT2D eigenvalue weighted by Crippen LogP contribution is 2.31. The van der Waals surface area contributed by atoms with E-state index < -0.39 is 11.6 Å². The monoisotopic (exact) mass is 406 g/mol. The molecule has 0 aliphatic carbocycles. The lowest BCUT2D eigenvalue weighted by Crippen LogP contribution is -2.29. The van der Waals surface area contributed by atoms with Crippen molar-refractivity contribution in [2.75, 3.05) is 18.0 Å². The van der Waals surface area contributed by atoms with Crippen LogP contribution in [0.25, 0.3) is 31.8 Å². The number of aromatic nitrogens is 1. The molecular formula is C22H18N2O4S. The number of carboxylic acid groups (broad SMARTS) is 1. The quantitative estimate of drug-likeness (QED) is 0.494. The molecule has 2 aromatic carbocycles. The van der Waals surface area contributed by atoms with Gasteiger partial charge in [-0.2, -0.15) is 0 Å². The molecule has 1 N–H and O–H groups in total. The van der Waals surface area contributed by atoms with E-state index in [1.165, 1.54) is 42.7 Å². The molecule has 0 spiro atoms. The van der Waals surface area contributed by atoms with E-state index in [1.807, 2.05) is 12.1 Å². The molecule has 4 aromatic rings. The van der Waals surface area contributed by atoms with Crippen LogP contribution in [0.2, 0.25) is 0 Å². The van der Waals surface area contributed by atoms with Gasteiger partial charge in [0.05, 0.1) is 21.3 Å². The number of piperidine rings is 1. The molecule has 0 atom stereocenters. The average Bonchev–Trinajstić information content (AvgIpc) is 3.16. The number of fused-ring (bicyclic) bond motifs is 2. The first-order valence-corrected chi connectivity index (χ1v) is 10.4. The van der Waals surface area contributed by atoms with E-state index in [4.69, 9.17) is 9.52 Å². The van der Waals surface area contributed by atoms with Gasteiger partial charge in [0.25, 0.3) is 0 Å². The van der Waals surface area contributed by atoms with Crippen LogP contribution in [0.3, 0.4) is 0 Å². The number of hydrogen-bond donors (Lipinski definition) is 1. The van der Waals surface area contributed by atoms with E-state index in [2.05, 4.69) is 16.0 Å². The number of carbonyl (C=O) groups is 1. The largest absolute Gasteiger partial charge is 0.478 e. The Morgan fingerprint density at radius 1 is 1.07 bits per heavy atom. The molecule has 3 heterocycles. The summed E-state index contributed by atoms with van der Waals surface area (Å²) < 4.78 is 6.45. The minimum atomic E-state index is -1.00. The van der Waals surface area contributed by atoms with Crippen LogP contribution >= 0.6 is 11.3 Å². The van der Waals surface area contributed by atoms with Gasteiger partial charge < -0.3 is 14.4 Å². The van der Waals surface area contributed by atoms with Crippen molar-refractivity contribution in [1.82, 2.24) is 4.98 Å². The fraction of sp³-hybridized carbons (Fsp3) is 0.227. The Labute approximate surface area is 170 Å². The van der Waals surface area contributed by atoms with E-state index in [0.717, 1.165) is 28.9 Å². The Bertz CT molecular complexity index is 1300. The van der Waals surface area contributed by atoms with E-state index in [0.29, 0.717) is 21.7 Å². The minimum absolute atomic E-state index is 0.171. The van der Waals surface area contributed by atoms with Gasteiger partial charge in [0.15, 0.2) is 0 Å². The normalized spacial score (nSPS) is 14.6. The van der Waals surface area contributed by atoms with Crippen LogP contribution in [0.15, 0.2) is 51.7 Å². The topological polar surface area (TPSA) is 83.6 Å². The van der Waals surface area contributed by atoms with Gasteiger partial charge in [-0.05, 0) is 55.7 Å². The van der Waals surface area contributed by atoms with Gasteiger partial charge >= 0.3 is 11.6 Å². The minimum Gasteiger partial charge on any atom is -0.478 e. The number of benzene rings is 2. The second-order valence-corrected chi connectivity index (χ2v) is 8.25. The van der Waals surface area contributed by atoms with Crippen LogP contribution in [-0.2, 0) is 0 Å². The maximum absolute atomic E-state index is 12.7. The molecule has 0 saturated carbocycles. The van der Waals surface area contributed by atoms with Crippen molar-refractivity contribution in [3.8, 4) is 10.6 Å². The maximum Gasteiger partial charge on any atom is 0.346 e. The third-order valence-electron chi connectivity index (χ3n) is 5.31. The molecule has 1 saturated heterocycles. The average molecular weight is 406 g/mol. The van der Waals surface area contributed by atoms with E-state index in [-0.39, 0.29) is 5.56 Å². The van der Waals surface area contributed by atoms with Crippen molar-refractivity contribution in [2.24, 2.45) is 0 Å². The van der Waals surface area contributed by atoms with Crippen LogP contribution in [0.5, 0.6) is 0 Å². The number of carboxylic acids is 1. The third-order valence-corrected chi connectivity index (χ3v) is 6.38. The van der Waals surface area contributed by atoms with Crippen molar-refractivity contribution in [3.63, 3.8) is 0 Å². The van der Waals surface area contributed by atoms with Gasteiger partial charge in [0, 0.05) is 30.2 Å². The first-order chi connectivity index (χ1) is 14.1. The van der Waals surface area contributed by atoms with Gasteiger partial charge in [-0.15, -0.1) is 11.3 Å². The third kappa shape index (κ3) is 3.27. The van der Waals surface area contributed by atoms with Crippen molar-refractivity contribution >= 4 is 44.2 Å². The Hall–Kier alpha value is -3.19. The number of nitrogens with zero attached hydrogens (tertiary/aromatic N) is 2. The van der Waals surface area contributed by atoms with Crippen LogP contribution in [-0.4, -0.2) is 29.1 Å². The summed E-state index contributed by atoms with van der Waals surface area (Å²) >= 11 is 1.35. The molecule has 2 aromatic heterocycles. The first kappa shape index (κ1) is 17.9. The lowest BCUT2D eigenvalue weighted by Gasteiger charge is -2.28. The molecule has 0 unspecified atom stereocenters. The van der Waals surface area contributed by atoms with Crippen molar-refractivity contribution in [1.29, 1.82) is 0 Å². The second kappa shape index (κ2) is 7.00. The molecule has 6 nitrogen and oxygen atoms in total. The molecule has 7 heteroatoms. The van der Waals surface area contributed by atoms with Crippen molar-refractivity contribution in [2.45, 2.75) is 19.3 Å². The summed E-state index contributed by atoms with van der Waals surface area (Å²) in [5.41, 5.74) is 2.33. The molecule has 1 fully saturated rings. The molecule has 0 amide bonds. The molecule has 146 valence electrons. The predicted molar refractivity (Wildman–Crippen MR) is 114 cm³/mol. The second-order valence-electron chi connectivity index (χ2n) is 7.22. The lowest BCUT2D eigenvalue weighted by molar-refractivity contribution is 0.0697. The summed E-state index contributed by atoms with van der Waals surface area (Å²) in [6, 6.07) is 12.5. The summed E-state index contributed by atoms with van der Waals surface area (Å²) in [5.74, 6) is -1.00. The summed E-state index contributed by atoms with van der Waals surface area (Å²) in [4.78, 5) is 30.6. The Morgan fingerprint density at radius 3 is 2.69 bits per heavy atom. The summed E-state index contributed by atoms with van der Waals surface area (Å²) in [5, 5.41) is 10.5. The smallest absolute Gasteiger partial charge is 0.346 e. The van der Waals surface area contributed by atoms with Crippen molar-refractivity contribution < 1.29 is 14.3 Å². The summed E-state index contributed by atoms with van der Waals surface area (Å²) in [7, 11) is 0. The highest BCUT2D eigenvalue weighted by molar-refractivity contribution is 7.21. The molecule has 1 aliphatic rings. The standard InChI is InChI=1S/C22H18N2O4S/c25-21(26)14-5-7-19-17(11-14)23-20(29-19)16-10-13-4-6-15(12-18(13)28-22(16)27)24-8-2-1-3-9-24/h4-7,10-12H,1-3,8-9H2,(H,25,26). The molecule has 0 radical (unpaired) electrons. The van der Waals surface area contributed by atoms with Crippen LogP contribution < -0.4 is 10.5 Å². The zero-order chi connectivity index (χ0) is 20.0. The van der Waals surface area contributed by atoms with E-state index in [1.54, 1.807) is 12.1 Å². The van der Waals surface area contributed by atoms with Gasteiger partial charge in [0.1, 0.15) is 10.6 Å². The van der Waals surface area contributed by atoms with Gasteiger partial charge in [-0.25, -0.2) is 14.6 Å². The fourth-order valence-electron chi connectivity index (χ4n) is 3.77. The zero-order valence-electron chi connectivity index (χ0n) is 15.6. The number of thiazole rings is 1. The van der Waals surface area contributed by atoms with E-state index in [9.17, 15) is 9.59 Å². The predicted octanol–water partition coefficient (Wildman–Crippen LogP) is 4.76. The molecule has 29 heavy (non-hydrogen) atoms. The Kier molecular flexibility index (Phi) is 4.32. The van der Waals surface area contributed by atoms with Gasteiger partial charge in [-0.3, -0.25) is 0 Å². The van der Waals surface area contributed by atoms with Crippen LogP contribution in [0.1, 0.15) is 29.6 Å². The SMILES string of the molecule is O=C(O)c1ccc2sc(-c3cc4ccc(N5CCCCC5)cc4oc3=O)nc2c1. The zero-order valence-corrected chi connectivity index (χ0v) is 16.4. The van der Waals surface area contributed by atoms with E-state index >= 15 is 0 Å². The number of hydrogen-bond acceptors (Lipinski definition) is 6. The van der Waals surface area contributed by atoms with Gasteiger partial charge in [0.2, 0.25) is 0 Å². The first-order valence-electron chi connectivity index (χ1n) is 9.56. The molecule has 0 bridgehead atoms.